The second kappa shape index (κ2) is 6.50. The van der Waals surface area contributed by atoms with Crippen molar-refractivity contribution in [2.75, 3.05) is 27.2 Å². The summed E-state index contributed by atoms with van der Waals surface area (Å²) in [7, 11) is 3.62. The predicted molar refractivity (Wildman–Crippen MR) is 95.5 cm³/mol. The van der Waals surface area contributed by atoms with Crippen molar-refractivity contribution in [1.82, 2.24) is 24.6 Å². The largest absolute Gasteiger partial charge is 0.331 e. The van der Waals surface area contributed by atoms with Gasteiger partial charge in [0.25, 0.3) is 0 Å². The summed E-state index contributed by atoms with van der Waals surface area (Å²) in [5.74, 6) is 1.48. The van der Waals surface area contributed by atoms with E-state index in [2.05, 4.69) is 39.0 Å². The van der Waals surface area contributed by atoms with Crippen molar-refractivity contribution in [2.24, 2.45) is 0 Å². The number of piperidine rings is 1. The first-order valence-corrected chi connectivity index (χ1v) is 9.06. The van der Waals surface area contributed by atoms with E-state index in [0.29, 0.717) is 12.0 Å². The number of likely N-dealkylation sites (tertiary alicyclic amines) is 1. The van der Waals surface area contributed by atoms with E-state index in [1.807, 2.05) is 19.0 Å². The van der Waals surface area contributed by atoms with Crippen LogP contribution < -0.4 is 0 Å². The molecule has 1 aromatic heterocycles. The predicted octanol–water partition coefficient (Wildman–Crippen LogP) is 2.48. The van der Waals surface area contributed by atoms with Crippen LogP contribution in [-0.2, 0) is 12.8 Å². The number of carbonyl (C=O) groups excluding carboxylic acids is 1. The molecule has 2 aromatic rings. The number of benzene rings is 1. The Morgan fingerprint density at radius 3 is 2.36 bits per heavy atom. The van der Waals surface area contributed by atoms with E-state index in [1.165, 1.54) is 11.1 Å². The Labute approximate surface area is 148 Å². The molecule has 1 aliphatic carbocycles. The zero-order chi connectivity index (χ0) is 17.4. The van der Waals surface area contributed by atoms with Gasteiger partial charge >= 0.3 is 6.03 Å². The minimum Gasteiger partial charge on any atom is -0.331 e. The van der Waals surface area contributed by atoms with Gasteiger partial charge < -0.3 is 9.80 Å². The molecule has 0 bridgehead atoms. The molecule has 0 atom stereocenters. The molecule has 0 spiro atoms. The zero-order valence-corrected chi connectivity index (χ0v) is 14.9. The van der Waals surface area contributed by atoms with Gasteiger partial charge in [-0.15, -0.1) is 0 Å². The lowest BCUT2D eigenvalue weighted by molar-refractivity contribution is 0.154. The average molecular weight is 339 g/mol. The first-order chi connectivity index (χ1) is 12.1. The summed E-state index contributed by atoms with van der Waals surface area (Å²) in [4.78, 5) is 20.3. The Morgan fingerprint density at radius 2 is 1.76 bits per heavy atom. The van der Waals surface area contributed by atoms with E-state index in [1.54, 1.807) is 11.2 Å². The van der Waals surface area contributed by atoms with Gasteiger partial charge in [-0.2, -0.15) is 5.10 Å². The van der Waals surface area contributed by atoms with Crippen molar-refractivity contribution in [3.8, 4) is 0 Å². The summed E-state index contributed by atoms with van der Waals surface area (Å²) >= 11 is 0. The quantitative estimate of drug-likeness (QED) is 0.845. The van der Waals surface area contributed by atoms with E-state index in [-0.39, 0.29) is 6.03 Å². The van der Waals surface area contributed by atoms with Gasteiger partial charge in [0.2, 0.25) is 0 Å². The van der Waals surface area contributed by atoms with Crippen LogP contribution in [0.1, 0.15) is 41.8 Å². The zero-order valence-electron chi connectivity index (χ0n) is 14.9. The molecular formula is C19H25N5O. The van der Waals surface area contributed by atoms with Gasteiger partial charge in [-0.05, 0) is 36.8 Å². The van der Waals surface area contributed by atoms with Crippen LogP contribution in [0, 0.1) is 0 Å². The maximum absolute atomic E-state index is 12.1. The van der Waals surface area contributed by atoms with Crippen LogP contribution in [0.4, 0.5) is 4.79 Å². The molecule has 1 saturated heterocycles. The summed E-state index contributed by atoms with van der Waals surface area (Å²) in [6, 6.07) is 9.14. The molecule has 0 saturated carbocycles. The SMILES string of the molecule is CN(C)C(=O)N1CCC(c2ncnn2C2Cc3ccccc3C2)CC1. The number of aromatic nitrogens is 3. The first-order valence-electron chi connectivity index (χ1n) is 9.06. The molecule has 2 heterocycles. The molecule has 1 aromatic carbocycles. The van der Waals surface area contributed by atoms with Crippen LogP contribution in [0.15, 0.2) is 30.6 Å². The number of fused-ring (bicyclic) bond motifs is 1. The molecule has 4 rings (SSSR count). The lowest BCUT2D eigenvalue weighted by Gasteiger charge is -2.33. The maximum Gasteiger partial charge on any atom is 0.319 e. The van der Waals surface area contributed by atoms with Gasteiger partial charge in [-0.3, -0.25) is 0 Å². The summed E-state index contributed by atoms with van der Waals surface area (Å²) in [5, 5.41) is 4.56. The third-order valence-electron chi connectivity index (χ3n) is 5.49. The highest BCUT2D eigenvalue weighted by molar-refractivity contribution is 5.73. The maximum atomic E-state index is 12.1. The van der Waals surface area contributed by atoms with Crippen molar-refractivity contribution < 1.29 is 4.79 Å². The molecule has 2 amide bonds. The second-order valence-electron chi connectivity index (χ2n) is 7.33. The van der Waals surface area contributed by atoms with Crippen molar-refractivity contribution in [2.45, 2.75) is 37.6 Å². The standard InChI is InChI=1S/C19H25N5O/c1-22(2)19(25)23-9-7-14(8-10-23)18-20-13-21-24(18)17-11-15-5-3-4-6-16(15)12-17/h3-6,13-14,17H,7-12H2,1-2H3. The van der Waals surface area contributed by atoms with Crippen LogP contribution in [-0.4, -0.2) is 57.8 Å². The number of urea groups is 1. The van der Waals surface area contributed by atoms with Gasteiger partial charge in [0.15, 0.2) is 0 Å². The Bertz CT molecular complexity index is 736. The van der Waals surface area contributed by atoms with Crippen molar-refractivity contribution >= 4 is 6.03 Å². The molecule has 1 fully saturated rings. The normalized spacial score (nSPS) is 18.4. The number of rotatable bonds is 2. The van der Waals surface area contributed by atoms with E-state index < -0.39 is 0 Å². The fraction of sp³-hybridized carbons (Fsp3) is 0.526. The number of hydrogen-bond donors (Lipinski definition) is 0. The molecule has 0 N–H and O–H groups in total. The van der Waals surface area contributed by atoms with E-state index in [0.717, 1.165) is 44.6 Å². The third-order valence-corrected chi connectivity index (χ3v) is 5.49. The van der Waals surface area contributed by atoms with E-state index in [9.17, 15) is 4.79 Å². The summed E-state index contributed by atoms with van der Waals surface area (Å²) in [5.41, 5.74) is 2.86. The Kier molecular flexibility index (Phi) is 4.19. The number of amides is 2. The molecule has 1 aliphatic heterocycles. The number of hydrogen-bond acceptors (Lipinski definition) is 3. The third kappa shape index (κ3) is 3.01. The minimum absolute atomic E-state index is 0.103. The highest BCUT2D eigenvalue weighted by Gasteiger charge is 2.31. The van der Waals surface area contributed by atoms with Crippen LogP contribution in [0.25, 0.3) is 0 Å². The summed E-state index contributed by atoms with van der Waals surface area (Å²) < 4.78 is 2.15. The van der Waals surface area contributed by atoms with Crippen LogP contribution in [0.2, 0.25) is 0 Å². The first kappa shape index (κ1) is 16.1. The lowest BCUT2D eigenvalue weighted by atomic mass is 9.95. The van der Waals surface area contributed by atoms with Gasteiger partial charge in [0.1, 0.15) is 12.2 Å². The monoisotopic (exact) mass is 339 g/mol. The van der Waals surface area contributed by atoms with E-state index >= 15 is 0 Å². The van der Waals surface area contributed by atoms with Crippen molar-refractivity contribution in [3.63, 3.8) is 0 Å². The molecule has 6 nitrogen and oxygen atoms in total. The molecule has 132 valence electrons. The van der Waals surface area contributed by atoms with Crippen LogP contribution in [0.5, 0.6) is 0 Å². The molecule has 6 heteroatoms. The summed E-state index contributed by atoms with van der Waals surface area (Å²) in [6.07, 6.45) is 5.67. The average Bonchev–Trinajstić information content (AvgIpc) is 3.27. The van der Waals surface area contributed by atoms with Gasteiger partial charge in [-0.25, -0.2) is 14.5 Å². The molecule has 0 unspecified atom stereocenters. The highest BCUT2D eigenvalue weighted by Crippen LogP contribution is 2.33. The van der Waals surface area contributed by atoms with Crippen LogP contribution in [0.3, 0.4) is 0 Å². The van der Waals surface area contributed by atoms with E-state index in [4.69, 9.17) is 0 Å². The number of nitrogens with zero attached hydrogens (tertiary/aromatic N) is 5. The van der Waals surface area contributed by atoms with Gasteiger partial charge in [-0.1, -0.05) is 24.3 Å². The second-order valence-corrected chi connectivity index (χ2v) is 7.33. The Hall–Kier alpha value is -2.37. The summed E-state index contributed by atoms with van der Waals surface area (Å²) in [6.45, 7) is 1.58. The Balaban J connectivity index is 1.46. The van der Waals surface area contributed by atoms with Gasteiger partial charge in [0.05, 0.1) is 6.04 Å². The molecule has 2 aliphatic rings. The van der Waals surface area contributed by atoms with Gasteiger partial charge in [0, 0.05) is 33.1 Å². The molecule has 0 radical (unpaired) electrons. The fourth-order valence-electron chi connectivity index (χ4n) is 4.15. The van der Waals surface area contributed by atoms with Crippen LogP contribution >= 0.6 is 0 Å². The Morgan fingerprint density at radius 1 is 1.12 bits per heavy atom. The minimum atomic E-state index is 0.103. The smallest absolute Gasteiger partial charge is 0.319 e. The molecule has 25 heavy (non-hydrogen) atoms. The topological polar surface area (TPSA) is 54.3 Å². The highest BCUT2D eigenvalue weighted by atomic mass is 16.2. The fourth-order valence-corrected chi connectivity index (χ4v) is 4.15. The number of carbonyl (C=O) groups is 1. The van der Waals surface area contributed by atoms with Crippen molar-refractivity contribution in [3.05, 3.63) is 47.5 Å². The van der Waals surface area contributed by atoms with Crippen molar-refractivity contribution in [1.29, 1.82) is 0 Å². The lowest BCUT2D eigenvalue weighted by Crippen LogP contribution is -2.43. The molecular weight excluding hydrogens is 314 g/mol.